The van der Waals surface area contributed by atoms with E-state index < -0.39 is 42.1 Å². The lowest BCUT2D eigenvalue weighted by Gasteiger charge is -2.28. The molecule has 7 nitrogen and oxygen atoms in total. The second kappa shape index (κ2) is 5.59. The molecule has 0 spiro atoms. The van der Waals surface area contributed by atoms with E-state index >= 15 is 0 Å². The Balaban J connectivity index is 2.07. The lowest BCUT2D eigenvalue weighted by molar-refractivity contribution is -0.173. The van der Waals surface area contributed by atoms with Crippen LogP contribution in [0.25, 0.3) is 0 Å². The zero-order chi connectivity index (χ0) is 14.9. The largest absolute Gasteiger partial charge is 0.463 e. The predicted molar refractivity (Wildman–Crippen MR) is 65.2 cm³/mol. The van der Waals surface area contributed by atoms with Gasteiger partial charge in [-0.3, -0.25) is 9.59 Å². The van der Waals surface area contributed by atoms with Gasteiger partial charge in [0.25, 0.3) is 12.7 Å². The zero-order valence-electron chi connectivity index (χ0n) is 12.0. The van der Waals surface area contributed by atoms with E-state index in [1.807, 2.05) is 0 Å². The highest BCUT2D eigenvalue weighted by atomic mass is 16.8. The van der Waals surface area contributed by atoms with Crippen LogP contribution in [0.3, 0.4) is 0 Å². The number of hydrogen-bond donors (Lipinski definition) is 0. The van der Waals surface area contributed by atoms with E-state index in [1.165, 1.54) is 20.5 Å². The van der Waals surface area contributed by atoms with Gasteiger partial charge in [-0.15, -0.1) is 0 Å². The molecule has 0 saturated carbocycles. The molecule has 0 bridgehead atoms. The molecule has 20 heavy (non-hydrogen) atoms. The highest BCUT2D eigenvalue weighted by molar-refractivity contribution is 5.66. The molecule has 0 N–H and O–H groups in total. The summed E-state index contributed by atoms with van der Waals surface area (Å²) < 4.78 is 27.1. The summed E-state index contributed by atoms with van der Waals surface area (Å²) in [5.41, 5.74) is 0. The second-order valence-corrected chi connectivity index (χ2v) is 5.25. The maximum Gasteiger partial charge on any atom is 0.306 e. The Bertz CT molecular complexity index is 392. The third kappa shape index (κ3) is 3.41. The molecule has 0 aromatic rings. The molecule has 0 aromatic carbocycles. The number of fused-ring (bicyclic) bond motifs is 1. The van der Waals surface area contributed by atoms with E-state index in [1.54, 1.807) is 13.8 Å². The quantitative estimate of drug-likeness (QED) is 0.554. The zero-order valence-corrected chi connectivity index (χ0v) is 12.0. The molecule has 0 radical (unpaired) electrons. The van der Waals surface area contributed by atoms with Crippen LogP contribution < -0.4 is 0 Å². The Hall–Kier alpha value is -1.31. The average Bonchev–Trinajstić information content (AvgIpc) is 2.63. The number of hydrogen-bond acceptors (Lipinski definition) is 7. The topological polar surface area (TPSA) is 80.3 Å². The minimum Gasteiger partial charge on any atom is -0.463 e. The molecule has 2 aliphatic heterocycles. The maximum absolute atomic E-state index is 11.1. The van der Waals surface area contributed by atoms with E-state index in [0.29, 0.717) is 0 Å². The number of carbonyl (C=O) groups is 2. The third-order valence-electron chi connectivity index (χ3n) is 2.99. The van der Waals surface area contributed by atoms with Crippen molar-refractivity contribution in [2.45, 2.75) is 57.9 Å². The summed E-state index contributed by atoms with van der Waals surface area (Å²) >= 11 is 0. The van der Waals surface area contributed by atoms with Crippen molar-refractivity contribution in [3.8, 4) is 0 Å². The first-order valence-corrected chi connectivity index (χ1v) is 6.43. The van der Waals surface area contributed by atoms with Crippen LogP contribution in [0.4, 0.5) is 0 Å². The first kappa shape index (κ1) is 15.1. The van der Waals surface area contributed by atoms with E-state index in [-0.39, 0.29) is 6.61 Å². The smallest absolute Gasteiger partial charge is 0.306 e. The van der Waals surface area contributed by atoms with Gasteiger partial charge in [0.2, 0.25) is 0 Å². The van der Waals surface area contributed by atoms with Crippen molar-refractivity contribution in [3.63, 3.8) is 0 Å². The summed E-state index contributed by atoms with van der Waals surface area (Å²) in [5, 5.41) is 0. The second-order valence-electron chi connectivity index (χ2n) is 5.25. The van der Waals surface area contributed by atoms with Crippen molar-refractivity contribution in [2.75, 3.05) is 6.61 Å². The highest BCUT2D eigenvalue weighted by Gasteiger charge is 2.58. The molecule has 0 unspecified atom stereocenters. The maximum atomic E-state index is 11.1. The van der Waals surface area contributed by atoms with Gasteiger partial charge < -0.3 is 18.9 Å². The summed E-state index contributed by atoms with van der Waals surface area (Å²) in [4.78, 5) is 22.0. The molecule has 112 valence electrons. The van der Waals surface area contributed by atoms with E-state index in [0.717, 1.165) is 0 Å². The van der Waals surface area contributed by atoms with E-state index in [2.05, 4.69) is 0 Å². The highest BCUT2D eigenvalue weighted by Crippen LogP contribution is 2.37. The summed E-state index contributed by atoms with van der Waals surface area (Å²) in [7, 11) is 0. The van der Waals surface area contributed by atoms with Gasteiger partial charge >= 0.3 is 11.9 Å². The summed E-state index contributed by atoms with van der Waals surface area (Å²) in [6, 6.07) is 0. The average molecular weight is 287 g/mol. The van der Waals surface area contributed by atoms with Crippen molar-refractivity contribution in [2.24, 2.45) is 0 Å². The Labute approximate surface area is 117 Å². The summed E-state index contributed by atoms with van der Waals surface area (Å²) in [6.07, 6.45) is -2.09. The van der Waals surface area contributed by atoms with Crippen LogP contribution in [0.15, 0.2) is 0 Å². The molecule has 0 aliphatic carbocycles. The normalized spacial score (nSPS) is 34.8. The van der Waals surface area contributed by atoms with Crippen LogP contribution in [0.1, 0.15) is 27.7 Å². The Morgan fingerprint density at radius 3 is 2.40 bits per heavy atom. The summed E-state index contributed by atoms with van der Waals surface area (Å²) in [5.74, 6) is -1.64. The molecule has 4 atom stereocenters. The standard InChI is InChI=1S/C13H19O7/c1-7(14)16-5-9-11-12(20-13(3,4)19-11)10(6-17-9)18-8(2)15/h6,9-12H,5H2,1-4H3/q+1/t9-,10+,11+,12-/m1/s1. The Morgan fingerprint density at radius 1 is 1.15 bits per heavy atom. The van der Waals surface area contributed by atoms with Crippen molar-refractivity contribution >= 4 is 11.9 Å². The molecular formula is C13H19O7+. The van der Waals surface area contributed by atoms with Crippen LogP contribution in [0, 0.1) is 6.61 Å². The first-order valence-electron chi connectivity index (χ1n) is 6.43. The van der Waals surface area contributed by atoms with Crippen molar-refractivity contribution in [1.82, 2.24) is 0 Å². The molecule has 2 heterocycles. The lowest BCUT2D eigenvalue weighted by atomic mass is 10.0. The molecule has 2 saturated heterocycles. The molecular weight excluding hydrogens is 268 g/mol. The van der Waals surface area contributed by atoms with Crippen molar-refractivity contribution in [3.05, 3.63) is 6.61 Å². The van der Waals surface area contributed by atoms with Gasteiger partial charge in [-0.05, 0) is 13.8 Å². The van der Waals surface area contributed by atoms with Gasteiger partial charge in [0.15, 0.2) is 18.0 Å². The minimum absolute atomic E-state index is 0.0548. The summed E-state index contributed by atoms with van der Waals surface area (Å²) in [6.45, 7) is 7.61. The molecule has 2 aliphatic rings. The molecule has 2 rings (SSSR count). The van der Waals surface area contributed by atoms with Gasteiger partial charge in [0, 0.05) is 13.8 Å². The van der Waals surface area contributed by atoms with Gasteiger partial charge in [-0.1, -0.05) is 0 Å². The SMILES string of the molecule is CC(=O)OC[C@H]1O[CH+][C@H](OC(C)=O)[C@H]2OC(C)(C)O[C@H]21. The fourth-order valence-electron chi connectivity index (χ4n) is 2.31. The lowest BCUT2D eigenvalue weighted by Crippen LogP contribution is -2.52. The van der Waals surface area contributed by atoms with Crippen LogP contribution in [-0.4, -0.2) is 48.7 Å². The number of rotatable bonds is 3. The first-order chi connectivity index (χ1) is 9.28. The Morgan fingerprint density at radius 2 is 1.80 bits per heavy atom. The molecule has 0 amide bonds. The van der Waals surface area contributed by atoms with Crippen molar-refractivity contribution in [1.29, 1.82) is 0 Å². The predicted octanol–water partition coefficient (Wildman–Crippen LogP) is 0.562. The van der Waals surface area contributed by atoms with Gasteiger partial charge in [-0.25, -0.2) is 0 Å². The molecule has 2 fully saturated rings. The van der Waals surface area contributed by atoms with Crippen molar-refractivity contribution < 1.29 is 33.3 Å². The molecule has 0 aromatic heterocycles. The monoisotopic (exact) mass is 287 g/mol. The number of ether oxygens (including phenoxy) is 5. The fraction of sp³-hybridized carbons (Fsp3) is 0.769. The van der Waals surface area contributed by atoms with Crippen LogP contribution in [-0.2, 0) is 33.3 Å². The van der Waals surface area contributed by atoms with Gasteiger partial charge in [-0.2, -0.15) is 4.74 Å². The third-order valence-corrected chi connectivity index (χ3v) is 2.99. The van der Waals surface area contributed by atoms with Gasteiger partial charge in [0.05, 0.1) is 0 Å². The Kier molecular flexibility index (Phi) is 4.22. The van der Waals surface area contributed by atoms with Crippen LogP contribution in [0.2, 0.25) is 0 Å². The van der Waals surface area contributed by atoms with E-state index in [9.17, 15) is 9.59 Å². The fourth-order valence-corrected chi connectivity index (χ4v) is 2.31. The van der Waals surface area contributed by atoms with Gasteiger partial charge in [0.1, 0.15) is 12.7 Å². The van der Waals surface area contributed by atoms with E-state index in [4.69, 9.17) is 23.7 Å². The van der Waals surface area contributed by atoms with Crippen LogP contribution >= 0.6 is 0 Å². The number of esters is 2. The van der Waals surface area contributed by atoms with Crippen LogP contribution in [0.5, 0.6) is 0 Å². The number of carbonyl (C=O) groups excluding carboxylic acids is 2. The molecule has 7 heteroatoms. The minimum atomic E-state index is -0.816.